The van der Waals surface area contributed by atoms with Gasteiger partial charge in [-0.15, -0.1) is 0 Å². The standard InChI is InChI=1S/C14H23N3O/c1-9(2)16-8-12(15)6-13(16)14(18)17-7-10(3)5-11(17)4/h6,8-11H,5,7,15H2,1-4H3. The van der Waals surface area contributed by atoms with Gasteiger partial charge in [0.15, 0.2) is 0 Å². The average molecular weight is 249 g/mol. The topological polar surface area (TPSA) is 51.3 Å². The van der Waals surface area contributed by atoms with Gasteiger partial charge in [-0.05, 0) is 39.2 Å². The van der Waals surface area contributed by atoms with Crippen molar-refractivity contribution in [1.82, 2.24) is 9.47 Å². The molecule has 1 aliphatic heterocycles. The van der Waals surface area contributed by atoms with Crippen LogP contribution in [0.1, 0.15) is 50.6 Å². The monoisotopic (exact) mass is 249 g/mol. The fourth-order valence-electron chi connectivity index (χ4n) is 2.83. The van der Waals surface area contributed by atoms with E-state index in [1.165, 1.54) is 0 Å². The van der Waals surface area contributed by atoms with Gasteiger partial charge in [-0.25, -0.2) is 0 Å². The van der Waals surface area contributed by atoms with Crippen molar-refractivity contribution in [3.05, 3.63) is 18.0 Å². The smallest absolute Gasteiger partial charge is 0.270 e. The Morgan fingerprint density at radius 1 is 1.44 bits per heavy atom. The second-order valence-electron chi connectivity index (χ2n) is 5.81. The number of hydrogen-bond donors (Lipinski definition) is 1. The van der Waals surface area contributed by atoms with Crippen LogP contribution >= 0.6 is 0 Å². The normalized spacial score (nSPS) is 23.9. The Bertz CT molecular complexity index is 450. The van der Waals surface area contributed by atoms with Crippen LogP contribution in [0.25, 0.3) is 0 Å². The maximum Gasteiger partial charge on any atom is 0.270 e. The Balaban J connectivity index is 2.29. The van der Waals surface area contributed by atoms with Gasteiger partial charge in [0.2, 0.25) is 0 Å². The van der Waals surface area contributed by atoms with Crippen LogP contribution < -0.4 is 5.73 Å². The molecule has 0 bridgehead atoms. The molecule has 4 nitrogen and oxygen atoms in total. The summed E-state index contributed by atoms with van der Waals surface area (Å²) in [6.45, 7) is 9.29. The van der Waals surface area contributed by atoms with E-state index in [4.69, 9.17) is 5.73 Å². The molecule has 18 heavy (non-hydrogen) atoms. The molecule has 0 aromatic carbocycles. The van der Waals surface area contributed by atoms with Gasteiger partial charge in [-0.1, -0.05) is 6.92 Å². The van der Waals surface area contributed by atoms with Gasteiger partial charge >= 0.3 is 0 Å². The van der Waals surface area contributed by atoms with Crippen molar-refractivity contribution in [3.8, 4) is 0 Å². The zero-order valence-electron chi connectivity index (χ0n) is 11.7. The molecule has 2 rings (SSSR count). The van der Waals surface area contributed by atoms with E-state index < -0.39 is 0 Å². The summed E-state index contributed by atoms with van der Waals surface area (Å²) >= 11 is 0. The third-order valence-corrected chi connectivity index (χ3v) is 3.69. The highest BCUT2D eigenvalue weighted by Gasteiger charge is 2.32. The first-order valence-electron chi connectivity index (χ1n) is 6.68. The fraction of sp³-hybridized carbons (Fsp3) is 0.643. The first-order valence-corrected chi connectivity index (χ1v) is 6.68. The van der Waals surface area contributed by atoms with Crippen molar-refractivity contribution >= 4 is 11.6 Å². The van der Waals surface area contributed by atoms with E-state index in [9.17, 15) is 4.79 Å². The average Bonchev–Trinajstić information content (AvgIpc) is 2.81. The molecule has 0 radical (unpaired) electrons. The lowest BCUT2D eigenvalue weighted by Gasteiger charge is -2.23. The van der Waals surface area contributed by atoms with E-state index in [1.54, 1.807) is 6.07 Å². The van der Waals surface area contributed by atoms with Crippen LogP contribution in [0.2, 0.25) is 0 Å². The first-order chi connectivity index (χ1) is 8.40. The highest BCUT2D eigenvalue weighted by molar-refractivity contribution is 5.94. The number of amides is 1. The third-order valence-electron chi connectivity index (χ3n) is 3.69. The Kier molecular flexibility index (Phi) is 3.37. The van der Waals surface area contributed by atoms with E-state index in [-0.39, 0.29) is 11.9 Å². The van der Waals surface area contributed by atoms with E-state index in [0.29, 0.717) is 23.3 Å². The predicted octanol–water partition coefficient (Wildman–Crippen LogP) is 2.52. The van der Waals surface area contributed by atoms with Crippen LogP contribution in [-0.4, -0.2) is 28.0 Å². The number of anilines is 1. The summed E-state index contributed by atoms with van der Waals surface area (Å²) in [4.78, 5) is 14.6. The van der Waals surface area contributed by atoms with Gasteiger partial charge < -0.3 is 15.2 Å². The molecule has 1 amide bonds. The summed E-state index contributed by atoms with van der Waals surface area (Å²) in [7, 11) is 0. The van der Waals surface area contributed by atoms with E-state index in [0.717, 1.165) is 13.0 Å². The minimum absolute atomic E-state index is 0.109. The summed E-state index contributed by atoms with van der Waals surface area (Å²) in [5.74, 6) is 0.695. The summed E-state index contributed by atoms with van der Waals surface area (Å²) < 4.78 is 1.97. The molecule has 2 unspecified atom stereocenters. The molecule has 100 valence electrons. The molecule has 0 spiro atoms. The number of rotatable bonds is 2. The molecule has 1 aromatic rings. The van der Waals surface area contributed by atoms with Gasteiger partial charge in [0.05, 0.1) is 5.69 Å². The maximum absolute atomic E-state index is 12.6. The van der Waals surface area contributed by atoms with Crippen LogP contribution in [0.4, 0.5) is 5.69 Å². The predicted molar refractivity (Wildman–Crippen MR) is 73.5 cm³/mol. The van der Waals surface area contributed by atoms with Gasteiger partial charge in [0.1, 0.15) is 5.69 Å². The van der Waals surface area contributed by atoms with Crippen molar-refractivity contribution < 1.29 is 4.79 Å². The number of carbonyl (C=O) groups excluding carboxylic acids is 1. The maximum atomic E-state index is 12.6. The van der Waals surface area contributed by atoms with Crippen LogP contribution in [0.5, 0.6) is 0 Å². The molecule has 1 aromatic heterocycles. The van der Waals surface area contributed by atoms with E-state index >= 15 is 0 Å². The van der Waals surface area contributed by atoms with Crippen LogP contribution in [0, 0.1) is 5.92 Å². The molecular formula is C14H23N3O. The summed E-state index contributed by atoms with van der Waals surface area (Å²) in [5.41, 5.74) is 7.19. The minimum Gasteiger partial charge on any atom is -0.397 e. The molecule has 1 fully saturated rings. The summed E-state index contributed by atoms with van der Waals surface area (Å²) in [5, 5.41) is 0. The van der Waals surface area contributed by atoms with Crippen molar-refractivity contribution in [3.63, 3.8) is 0 Å². The number of carbonyl (C=O) groups is 1. The highest BCUT2D eigenvalue weighted by atomic mass is 16.2. The quantitative estimate of drug-likeness (QED) is 0.875. The fourth-order valence-corrected chi connectivity index (χ4v) is 2.83. The minimum atomic E-state index is 0.109. The molecule has 2 heterocycles. The lowest BCUT2D eigenvalue weighted by atomic mass is 10.1. The lowest BCUT2D eigenvalue weighted by Crippen LogP contribution is -2.35. The number of likely N-dealkylation sites (tertiary alicyclic amines) is 1. The van der Waals surface area contributed by atoms with Gasteiger partial charge in [-0.2, -0.15) is 0 Å². The van der Waals surface area contributed by atoms with E-state index in [1.807, 2.05) is 15.7 Å². The highest BCUT2D eigenvalue weighted by Crippen LogP contribution is 2.26. The number of hydrogen-bond acceptors (Lipinski definition) is 2. The Labute approximate surface area is 109 Å². The van der Waals surface area contributed by atoms with Crippen molar-refractivity contribution in [2.24, 2.45) is 5.92 Å². The second-order valence-corrected chi connectivity index (χ2v) is 5.81. The van der Waals surface area contributed by atoms with Crippen LogP contribution in [0.15, 0.2) is 12.3 Å². The van der Waals surface area contributed by atoms with Crippen molar-refractivity contribution in [1.29, 1.82) is 0 Å². The van der Waals surface area contributed by atoms with Gasteiger partial charge in [-0.3, -0.25) is 4.79 Å². The molecule has 1 aliphatic rings. The number of nitrogens with zero attached hydrogens (tertiary/aromatic N) is 2. The van der Waals surface area contributed by atoms with E-state index in [2.05, 4.69) is 27.7 Å². The molecule has 4 heteroatoms. The number of nitrogen functional groups attached to an aromatic ring is 1. The Hall–Kier alpha value is -1.45. The molecule has 2 atom stereocenters. The first kappa shape index (κ1) is 13.0. The molecule has 0 aliphatic carbocycles. The number of nitrogens with two attached hydrogens (primary N) is 1. The van der Waals surface area contributed by atoms with Crippen LogP contribution in [0.3, 0.4) is 0 Å². The summed E-state index contributed by atoms with van der Waals surface area (Å²) in [6.07, 6.45) is 2.94. The van der Waals surface area contributed by atoms with Crippen molar-refractivity contribution in [2.75, 3.05) is 12.3 Å². The SMILES string of the molecule is CC1CC(C)N(C(=O)c2cc(N)cn2C(C)C)C1. The molecule has 1 saturated heterocycles. The third kappa shape index (κ3) is 2.24. The Morgan fingerprint density at radius 3 is 2.61 bits per heavy atom. The Morgan fingerprint density at radius 2 is 2.11 bits per heavy atom. The van der Waals surface area contributed by atoms with Gasteiger partial charge in [0, 0.05) is 24.8 Å². The lowest BCUT2D eigenvalue weighted by molar-refractivity contribution is 0.0731. The largest absolute Gasteiger partial charge is 0.397 e. The van der Waals surface area contributed by atoms with Crippen molar-refractivity contribution in [2.45, 2.75) is 46.2 Å². The zero-order chi connectivity index (χ0) is 13.4. The number of aromatic nitrogens is 1. The van der Waals surface area contributed by atoms with Crippen LogP contribution in [-0.2, 0) is 0 Å². The summed E-state index contributed by atoms with van der Waals surface area (Å²) in [6, 6.07) is 2.36. The zero-order valence-corrected chi connectivity index (χ0v) is 11.7. The van der Waals surface area contributed by atoms with Gasteiger partial charge in [0.25, 0.3) is 5.91 Å². The molecule has 2 N–H and O–H groups in total. The molecule has 0 saturated carbocycles. The second kappa shape index (κ2) is 4.67. The molecular weight excluding hydrogens is 226 g/mol.